The van der Waals surface area contributed by atoms with Crippen LogP contribution in [-0.4, -0.2) is 31.1 Å². The average Bonchev–Trinajstić information content (AvgIpc) is 2.53. The van der Waals surface area contributed by atoms with Crippen molar-refractivity contribution in [2.24, 2.45) is 0 Å². The molecule has 3 amide bonds. The average molecular weight is 317 g/mol. The molecular formula is C18H27N3O2. The summed E-state index contributed by atoms with van der Waals surface area (Å²) >= 11 is 0. The maximum absolute atomic E-state index is 12.3. The molecule has 2 rings (SSSR count). The van der Waals surface area contributed by atoms with E-state index in [-0.39, 0.29) is 11.9 Å². The van der Waals surface area contributed by atoms with Crippen molar-refractivity contribution in [1.29, 1.82) is 0 Å². The highest BCUT2D eigenvalue weighted by Gasteiger charge is 2.27. The maximum atomic E-state index is 12.3. The Morgan fingerprint density at radius 1 is 1.26 bits per heavy atom. The Labute approximate surface area is 138 Å². The summed E-state index contributed by atoms with van der Waals surface area (Å²) in [6.45, 7) is 9.37. The number of benzene rings is 1. The highest BCUT2D eigenvalue weighted by Crippen LogP contribution is 2.31. The number of rotatable bonds is 4. The lowest BCUT2D eigenvalue weighted by Crippen LogP contribution is -2.51. The van der Waals surface area contributed by atoms with Gasteiger partial charge in [-0.1, -0.05) is 26.0 Å². The summed E-state index contributed by atoms with van der Waals surface area (Å²) in [6, 6.07) is 5.69. The predicted molar refractivity (Wildman–Crippen MR) is 92.9 cm³/mol. The van der Waals surface area contributed by atoms with Crippen molar-refractivity contribution < 1.29 is 9.59 Å². The number of carbonyl (C=O) groups excluding carboxylic acids is 2. The predicted octanol–water partition coefficient (Wildman–Crippen LogP) is 2.80. The summed E-state index contributed by atoms with van der Waals surface area (Å²) in [5.74, 6) is 0.228. The molecule has 1 unspecified atom stereocenters. The van der Waals surface area contributed by atoms with Crippen LogP contribution in [0.4, 0.5) is 10.5 Å². The highest BCUT2D eigenvalue weighted by molar-refractivity contribution is 5.98. The van der Waals surface area contributed by atoms with Gasteiger partial charge in [0.05, 0.1) is 0 Å². The zero-order valence-electron chi connectivity index (χ0n) is 14.5. The summed E-state index contributed by atoms with van der Waals surface area (Å²) in [5, 5.41) is 4.99. The lowest BCUT2D eigenvalue weighted by Gasteiger charge is -2.35. The molecule has 1 heterocycles. The lowest BCUT2D eigenvalue weighted by molar-refractivity contribution is -0.121. The van der Waals surface area contributed by atoms with Gasteiger partial charge < -0.3 is 10.2 Å². The Bertz CT molecular complexity index is 584. The standard InChI is InChI=1S/C18H27N3O2/c1-5-19-18(23)20-17(22)13(4)21-10-6-7-15-11-14(12(2)3)8-9-16(15)21/h8-9,11-13H,5-7,10H2,1-4H3,(H2,19,20,22,23). The molecule has 0 bridgehead atoms. The van der Waals surface area contributed by atoms with E-state index >= 15 is 0 Å². The third-order valence-corrected chi connectivity index (χ3v) is 4.35. The second-order valence-corrected chi connectivity index (χ2v) is 6.36. The Morgan fingerprint density at radius 2 is 2.00 bits per heavy atom. The normalized spacial score (nSPS) is 15.1. The number of nitrogens with zero attached hydrogens (tertiary/aromatic N) is 1. The number of hydrogen-bond donors (Lipinski definition) is 2. The van der Waals surface area contributed by atoms with Crippen molar-refractivity contribution in [3.8, 4) is 0 Å². The number of imide groups is 1. The summed E-state index contributed by atoms with van der Waals surface area (Å²) in [4.78, 5) is 25.9. The molecule has 0 saturated heterocycles. The van der Waals surface area contributed by atoms with Gasteiger partial charge in [0.25, 0.3) is 0 Å². The van der Waals surface area contributed by atoms with Crippen LogP contribution >= 0.6 is 0 Å². The maximum Gasteiger partial charge on any atom is 0.321 e. The van der Waals surface area contributed by atoms with Gasteiger partial charge in [-0.05, 0) is 49.8 Å². The van der Waals surface area contributed by atoms with Crippen molar-refractivity contribution >= 4 is 17.6 Å². The molecule has 0 radical (unpaired) electrons. The Morgan fingerprint density at radius 3 is 2.65 bits per heavy atom. The smallest absolute Gasteiger partial charge is 0.321 e. The molecular weight excluding hydrogens is 290 g/mol. The van der Waals surface area contributed by atoms with Crippen LogP contribution in [0.25, 0.3) is 0 Å². The van der Waals surface area contributed by atoms with Gasteiger partial charge in [-0.15, -0.1) is 0 Å². The molecule has 126 valence electrons. The van der Waals surface area contributed by atoms with E-state index in [0.29, 0.717) is 12.5 Å². The van der Waals surface area contributed by atoms with Crippen LogP contribution in [0.1, 0.15) is 51.2 Å². The van der Waals surface area contributed by atoms with Crippen molar-refractivity contribution in [2.75, 3.05) is 18.0 Å². The lowest BCUT2D eigenvalue weighted by atomic mass is 9.94. The van der Waals surface area contributed by atoms with E-state index < -0.39 is 6.03 Å². The first-order chi connectivity index (χ1) is 10.9. The Hall–Kier alpha value is -2.04. The molecule has 1 aliphatic heterocycles. The molecule has 1 aliphatic rings. The van der Waals surface area contributed by atoms with E-state index in [1.165, 1.54) is 11.1 Å². The number of amides is 3. The topological polar surface area (TPSA) is 61.4 Å². The van der Waals surface area contributed by atoms with Crippen molar-refractivity contribution in [2.45, 2.75) is 52.5 Å². The van der Waals surface area contributed by atoms with E-state index in [4.69, 9.17) is 0 Å². The van der Waals surface area contributed by atoms with Gasteiger partial charge in [0.15, 0.2) is 0 Å². The van der Waals surface area contributed by atoms with Crippen LogP contribution in [0.15, 0.2) is 18.2 Å². The van der Waals surface area contributed by atoms with E-state index in [2.05, 4.69) is 47.6 Å². The van der Waals surface area contributed by atoms with Gasteiger partial charge in [-0.25, -0.2) is 4.79 Å². The van der Waals surface area contributed by atoms with Crippen molar-refractivity contribution in [3.63, 3.8) is 0 Å². The summed E-state index contributed by atoms with van der Waals surface area (Å²) in [5.41, 5.74) is 3.73. The molecule has 0 saturated carbocycles. The zero-order valence-corrected chi connectivity index (χ0v) is 14.5. The largest absolute Gasteiger partial charge is 0.360 e. The quantitative estimate of drug-likeness (QED) is 0.897. The van der Waals surface area contributed by atoms with E-state index in [9.17, 15) is 9.59 Å². The van der Waals surface area contributed by atoms with E-state index in [1.807, 2.05) is 13.8 Å². The number of nitrogens with one attached hydrogen (secondary N) is 2. The summed E-state index contributed by atoms with van der Waals surface area (Å²) in [6.07, 6.45) is 2.06. The van der Waals surface area contributed by atoms with Crippen LogP contribution in [0.5, 0.6) is 0 Å². The van der Waals surface area contributed by atoms with Crippen molar-refractivity contribution in [1.82, 2.24) is 10.6 Å². The molecule has 5 nitrogen and oxygen atoms in total. The number of anilines is 1. The second-order valence-electron chi connectivity index (χ2n) is 6.36. The third kappa shape index (κ3) is 4.03. The Balaban J connectivity index is 2.16. The third-order valence-electron chi connectivity index (χ3n) is 4.35. The molecule has 0 spiro atoms. The first-order valence-corrected chi connectivity index (χ1v) is 8.42. The van der Waals surface area contributed by atoms with Crippen LogP contribution in [0.3, 0.4) is 0 Å². The molecule has 1 atom stereocenters. The van der Waals surface area contributed by atoms with Gasteiger partial charge in [-0.3, -0.25) is 10.1 Å². The van der Waals surface area contributed by atoms with Crippen LogP contribution in [0, 0.1) is 0 Å². The molecule has 0 aliphatic carbocycles. The minimum atomic E-state index is -0.434. The monoisotopic (exact) mass is 317 g/mol. The van der Waals surface area contributed by atoms with Crippen LogP contribution in [-0.2, 0) is 11.2 Å². The molecule has 1 aromatic rings. The SMILES string of the molecule is CCNC(=O)NC(=O)C(C)N1CCCc2cc(C(C)C)ccc21. The molecule has 23 heavy (non-hydrogen) atoms. The van der Waals surface area contributed by atoms with Gasteiger partial charge in [0.1, 0.15) is 6.04 Å². The van der Waals surface area contributed by atoms with Gasteiger partial charge in [-0.2, -0.15) is 0 Å². The molecule has 1 aromatic carbocycles. The highest BCUT2D eigenvalue weighted by atomic mass is 16.2. The molecule has 0 aromatic heterocycles. The number of urea groups is 1. The summed E-state index contributed by atoms with van der Waals surface area (Å²) in [7, 11) is 0. The van der Waals surface area contributed by atoms with E-state index in [0.717, 1.165) is 25.1 Å². The number of fused-ring (bicyclic) bond motifs is 1. The van der Waals surface area contributed by atoms with E-state index in [1.54, 1.807) is 0 Å². The second kappa shape index (κ2) is 7.49. The summed E-state index contributed by atoms with van der Waals surface area (Å²) < 4.78 is 0. The fourth-order valence-corrected chi connectivity index (χ4v) is 2.97. The number of aryl methyl sites for hydroxylation is 1. The fourth-order valence-electron chi connectivity index (χ4n) is 2.97. The van der Waals surface area contributed by atoms with Crippen LogP contribution < -0.4 is 15.5 Å². The number of carbonyl (C=O) groups is 2. The first-order valence-electron chi connectivity index (χ1n) is 8.42. The first kappa shape index (κ1) is 17.3. The van der Waals surface area contributed by atoms with Gasteiger partial charge >= 0.3 is 6.03 Å². The Kier molecular flexibility index (Phi) is 5.64. The zero-order chi connectivity index (χ0) is 17.0. The van der Waals surface area contributed by atoms with Crippen molar-refractivity contribution in [3.05, 3.63) is 29.3 Å². The molecule has 0 fully saturated rings. The minimum absolute atomic E-state index is 0.267. The minimum Gasteiger partial charge on any atom is -0.360 e. The van der Waals surface area contributed by atoms with Crippen LogP contribution in [0.2, 0.25) is 0 Å². The van der Waals surface area contributed by atoms with Gasteiger partial charge in [0, 0.05) is 18.8 Å². The number of hydrogen-bond acceptors (Lipinski definition) is 3. The van der Waals surface area contributed by atoms with Gasteiger partial charge in [0.2, 0.25) is 5.91 Å². The molecule has 2 N–H and O–H groups in total. The molecule has 5 heteroatoms. The fraction of sp³-hybridized carbons (Fsp3) is 0.556.